The van der Waals surface area contributed by atoms with Crippen molar-refractivity contribution in [1.29, 1.82) is 0 Å². The number of carbonyl (C=O) groups excluding carboxylic acids is 1. The standard InChI is InChI=1S/C26H22FN3O/c1-17-15-20(18-8-10-21(27)11-9-18)16-23(29-17)24-7-4-14-30(24)26(31)25-22-6-3-2-5-19(22)12-13-28-25/h2-3,5-6,8-13,15-16,24H,4,7,14H2,1H3. The summed E-state index contributed by atoms with van der Waals surface area (Å²) in [6.07, 6.45) is 3.47. The lowest BCUT2D eigenvalue weighted by atomic mass is 10.0. The van der Waals surface area contributed by atoms with Crippen LogP contribution in [-0.2, 0) is 0 Å². The minimum absolute atomic E-state index is 0.0639. The molecule has 2 aromatic carbocycles. The second-order valence-corrected chi connectivity index (χ2v) is 7.97. The molecule has 3 heterocycles. The number of fused-ring (bicyclic) bond motifs is 1. The molecule has 1 fully saturated rings. The molecular weight excluding hydrogens is 389 g/mol. The number of likely N-dealkylation sites (tertiary alicyclic amines) is 1. The summed E-state index contributed by atoms with van der Waals surface area (Å²) in [4.78, 5) is 24.6. The van der Waals surface area contributed by atoms with Crippen molar-refractivity contribution in [3.63, 3.8) is 0 Å². The van der Waals surface area contributed by atoms with E-state index in [4.69, 9.17) is 4.98 Å². The molecule has 1 atom stereocenters. The predicted molar refractivity (Wildman–Crippen MR) is 119 cm³/mol. The maximum Gasteiger partial charge on any atom is 0.273 e. The average Bonchev–Trinajstić information content (AvgIpc) is 3.28. The number of amides is 1. The molecule has 0 saturated carbocycles. The lowest BCUT2D eigenvalue weighted by Crippen LogP contribution is -2.31. The summed E-state index contributed by atoms with van der Waals surface area (Å²) in [5, 5.41) is 1.87. The number of benzene rings is 2. The third kappa shape index (κ3) is 3.67. The molecule has 0 aliphatic carbocycles. The normalized spacial score (nSPS) is 16.1. The molecule has 5 rings (SSSR count). The number of hydrogen-bond donors (Lipinski definition) is 0. The summed E-state index contributed by atoms with van der Waals surface area (Å²) in [6.45, 7) is 2.62. The van der Waals surface area contributed by atoms with Gasteiger partial charge in [-0.1, -0.05) is 36.4 Å². The monoisotopic (exact) mass is 411 g/mol. The van der Waals surface area contributed by atoms with Crippen LogP contribution in [0.1, 0.15) is 40.8 Å². The average molecular weight is 411 g/mol. The SMILES string of the molecule is Cc1cc(-c2ccc(F)cc2)cc(C2CCCN2C(=O)c2nccc3ccccc23)n1. The highest BCUT2D eigenvalue weighted by molar-refractivity contribution is 6.05. The van der Waals surface area contributed by atoms with Crippen LogP contribution in [0.3, 0.4) is 0 Å². The van der Waals surface area contributed by atoms with E-state index in [0.717, 1.165) is 46.1 Å². The number of halogens is 1. The number of aryl methyl sites for hydroxylation is 1. The van der Waals surface area contributed by atoms with Crippen LogP contribution in [-0.4, -0.2) is 27.3 Å². The van der Waals surface area contributed by atoms with E-state index in [0.29, 0.717) is 12.2 Å². The molecule has 4 nitrogen and oxygen atoms in total. The van der Waals surface area contributed by atoms with Crippen LogP contribution in [0.25, 0.3) is 21.9 Å². The van der Waals surface area contributed by atoms with Gasteiger partial charge in [-0.2, -0.15) is 0 Å². The second-order valence-electron chi connectivity index (χ2n) is 7.97. The number of hydrogen-bond acceptors (Lipinski definition) is 3. The molecule has 1 aliphatic heterocycles. The molecule has 0 spiro atoms. The number of rotatable bonds is 3. The van der Waals surface area contributed by atoms with Gasteiger partial charge in [-0.05, 0) is 66.6 Å². The molecule has 0 N–H and O–H groups in total. The Morgan fingerprint density at radius 2 is 1.84 bits per heavy atom. The number of carbonyl (C=O) groups is 1. The minimum Gasteiger partial charge on any atom is -0.329 e. The lowest BCUT2D eigenvalue weighted by Gasteiger charge is -2.25. The molecular formula is C26H22FN3O. The zero-order chi connectivity index (χ0) is 21.4. The molecule has 1 aliphatic rings. The number of nitrogens with zero attached hydrogens (tertiary/aromatic N) is 3. The molecule has 2 aromatic heterocycles. The summed E-state index contributed by atoms with van der Waals surface area (Å²) in [6, 6.07) is 20.1. The van der Waals surface area contributed by atoms with Gasteiger partial charge < -0.3 is 4.90 Å². The Hall–Kier alpha value is -3.60. The van der Waals surface area contributed by atoms with E-state index in [9.17, 15) is 9.18 Å². The first-order chi connectivity index (χ1) is 15.1. The number of aromatic nitrogens is 2. The first-order valence-corrected chi connectivity index (χ1v) is 10.5. The van der Waals surface area contributed by atoms with Crippen molar-refractivity contribution in [3.8, 4) is 11.1 Å². The van der Waals surface area contributed by atoms with E-state index in [2.05, 4.69) is 4.98 Å². The third-order valence-corrected chi connectivity index (χ3v) is 5.88. The maximum atomic E-state index is 13.5. The highest BCUT2D eigenvalue weighted by Gasteiger charge is 2.33. The largest absolute Gasteiger partial charge is 0.329 e. The van der Waals surface area contributed by atoms with Gasteiger partial charge in [0.2, 0.25) is 0 Å². The Bertz CT molecular complexity index is 1260. The molecule has 154 valence electrons. The fourth-order valence-electron chi connectivity index (χ4n) is 4.42. The first-order valence-electron chi connectivity index (χ1n) is 10.5. The van der Waals surface area contributed by atoms with Crippen molar-refractivity contribution >= 4 is 16.7 Å². The second kappa shape index (κ2) is 7.91. The molecule has 0 bridgehead atoms. The van der Waals surface area contributed by atoms with E-state index >= 15 is 0 Å². The van der Waals surface area contributed by atoms with Crippen LogP contribution in [0.5, 0.6) is 0 Å². The Morgan fingerprint density at radius 1 is 1.03 bits per heavy atom. The minimum atomic E-state index is -0.259. The summed E-state index contributed by atoms with van der Waals surface area (Å²) in [5.41, 5.74) is 4.13. The van der Waals surface area contributed by atoms with Crippen molar-refractivity contribution in [2.75, 3.05) is 6.54 Å². The highest BCUT2D eigenvalue weighted by atomic mass is 19.1. The third-order valence-electron chi connectivity index (χ3n) is 5.88. The zero-order valence-electron chi connectivity index (χ0n) is 17.3. The van der Waals surface area contributed by atoms with Crippen molar-refractivity contribution in [2.24, 2.45) is 0 Å². The van der Waals surface area contributed by atoms with E-state index < -0.39 is 0 Å². The first kappa shape index (κ1) is 19.4. The van der Waals surface area contributed by atoms with Crippen LogP contribution in [0.2, 0.25) is 0 Å². The summed E-state index contributed by atoms with van der Waals surface area (Å²) in [7, 11) is 0. The Morgan fingerprint density at radius 3 is 2.68 bits per heavy atom. The van der Waals surface area contributed by atoms with Crippen molar-refractivity contribution < 1.29 is 9.18 Å². The van der Waals surface area contributed by atoms with Gasteiger partial charge in [0, 0.05) is 23.8 Å². The van der Waals surface area contributed by atoms with E-state index in [1.807, 2.05) is 54.3 Å². The predicted octanol–water partition coefficient (Wildman–Crippen LogP) is 5.72. The molecule has 1 unspecified atom stereocenters. The molecule has 4 aromatic rings. The van der Waals surface area contributed by atoms with Gasteiger partial charge in [-0.25, -0.2) is 4.39 Å². The molecule has 0 radical (unpaired) electrons. The lowest BCUT2D eigenvalue weighted by molar-refractivity contribution is 0.0729. The van der Waals surface area contributed by atoms with Crippen molar-refractivity contribution in [1.82, 2.24) is 14.9 Å². The van der Waals surface area contributed by atoms with Gasteiger partial charge in [0.1, 0.15) is 11.5 Å². The molecule has 1 saturated heterocycles. The number of pyridine rings is 2. The van der Waals surface area contributed by atoms with E-state index in [-0.39, 0.29) is 17.8 Å². The van der Waals surface area contributed by atoms with Crippen molar-refractivity contribution in [3.05, 3.63) is 95.8 Å². The fraction of sp³-hybridized carbons (Fsp3) is 0.192. The van der Waals surface area contributed by atoms with Gasteiger partial charge >= 0.3 is 0 Å². The van der Waals surface area contributed by atoms with Gasteiger partial charge in [0.05, 0.1) is 11.7 Å². The molecule has 5 heteroatoms. The van der Waals surface area contributed by atoms with Crippen LogP contribution in [0.15, 0.2) is 72.9 Å². The Labute approximate surface area is 180 Å². The molecule has 31 heavy (non-hydrogen) atoms. The maximum absolute atomic E-state index is 13.5. The van der Waals surface area contributed by atoms with Crippen LogP contribution < -0.4 is 0 Å². The fourth-order valence-corrected chi connectivity index (χ4v) is 4.42. The summed E-state index contributed by atoms with van der Waals surface area (Å²) >= 11 is 0. The van der Waals surface area contributed by atoms with Gasteiger partial charge in [0.25, 0.3) is 5.91 Å². The summed E-state index contributed by atoms with van der Waals surface area (Å²) < 4.78 is 13.4. The Balaban J connectivity index is 1.52. The zero-order valence-corrected chi connectivity index (χ0v) is 17.3. The smallest absolute Gasteiger partial charge is 0.273 e. The van der Waals surface area contributed by atoms with Crippen molar-refractivity contribution in [2.45, 2.75) is 25.8 Å². The molecule has 1 amide bonds. The quantitative estimate of drug-likeness (QED) is 0.433. The van der Waals surface area contributed by atoms with Gasteiger partial charge in [-0.3, -0.25) is 14.8 Å². The van der Waals surface area contributed by atoms with Gasteiger partial charge in [0.15, 0.2) is 0 Å². The van der Waals surface area contributed by atoms with Crippen LogP contribution >= 0.6 is 0 Å². The van der Waals surface area contributed by atoms with E-state index in [1.54, 1.807) is 18.3 Å². The van der Waals surface area contributed by atoms with Crippen LogP contribution in [0, 0.1) is 12.7 Å². The van der Waals surface area contributed by atoms with Crippen LogP contribution in [0.4, 0.5) is 4.39 Å². The van der Waals surface area contributed by atoms with E-state index in [1.165, 1.54) is 12.1 Å². The topological polar surface area (TPSA) is 46.1 Å². The highest BCUT2D eigenvalue weighted by Crippen LogP contribution is 2.35. The van der Waals surface area contributed by atoms with Gasteiger partial charge in [-0.15, -0.1) is 0 Å². The Kier molecular flexibility index (Phi) is 4.94. The summed E-state index contributed by atoms with van der Waals surface area (Å²) in [5.74, 6) is -0.323.